The van der Waals surface area contributed by atoms with Crippen molar-refractivity contribution in [2.24, 2.45) is 5.73 Å². The van der Waals surface area contributed by atoms with Crippen LogP contribution < -0.4 is 15.2 Å². The zero-order valence-corrected chi connectivity index (χ0v) is 10.4. The van der Waals surface area contributed by atoms with Crippen LogP contribution in [0.3, 0.4) is 0 Å². The third kappa shape index (κ3) is 2.88. The average Bonchev–Trinajstić information content (AvgIpc) is 2.37. The highest BCUT2D eigenvalue weighted by Crippen LogP contribution is 2.35. The van der Waals surface area contributed by atoms with Gasteiger partial charge < -0.3 is 25.1 Å². The maximum absolute atomic E-state index is 9.95. The lowest BCUT2D eigenvalue weighted by molar-refractivity contribution is 0.160. The summed E-state index contributed by atoms with van der Waals surface area (Å²) in [6, 6.07) is 3.52. The molecule has 5 heteroatoms. The number of rotatable bonds is 6. The maximum atomic E-state index is 9.95. The number of methoxy groups -OCH3 is 3. The summed E-state index contributed by atoms with van der Waals surface area (Å²) < 4.78 is 15.6. The second-order valence-corrected chi connectivity index (χ2v) is 3.55. The zero-order chi connectivity index (χ0) is 12.8. The molecule has 1 aromatic rings. The Balaban J connectivity index is 3.35. The summed E-state index contributed by atoms with van der Waals surface area (Å²) in [7, 11) is 4.70. The summed E-state index contributed by atoms with van der Waals surface area (Å²) >= 11 is 0. The Morgan fingerprint density at radius 2 is 1.76 bits per heavy atom. The number of benzene rings is 1. The number of aliphatic hydroxyl groups is 1. The minimum Gasteiger partial charge on any atom is -0.496 e. The molecular formula is C12H19NO4. The van der Waals surface area contributed by atoms with Crippen molar-refractivity contribution in [3.8, 4) is 11.5 Å². The molecule has 0 spiro atoms. The fourth-order valence-corrected chi connectivity index (χ4v) is 1.77. The average molecular weight is 241 g/mol. The topological polar surface area (TPSA) is 73.9 Å². The summed E-state index contributed by atoms with van der Waals surface area (Å²) in [5.74, 6) is 1.23. The van der Waals surface area contributed by atoms with Gasteiger partial charge in [-0.25, -0.2) is 0 Å². The van der Waals surface area contributed by atoms with E-state index in [0.717, 1.165) is 5.56 Å². The lowest BCUT2D eigenvalue weighted by Gasteiger charge is -2.19. The van der Waals surface area contributed by atoms with Gasteiger partial charge in [-0.15, -0.1) is 0 Å². The first-order chi connectivity index (χ1) is 8.19. The number of aliphatic hydroxyl groups excluding tert-OH is 1. The van der Waals surface area contributed by atoms with Crippen molar-refractivity contribution in [3.63, 3.8) is 0 Å². The van der Waals surface area contributed by atoms with Crippen molar-refractivity contribution in [1.29, 1.82) is 0 Å². The van der Waals surface area contributed by atoms with Crippen LogP contribution in [0.1, 0.15) is 17.2 Å². The van der Waals surface area contributed by atoms with Crippen LogP contribution in [-0.2, 0) is 11.3 Å². The fourth-order valence-electron chi connectivity index (χ4n) is 1.77. The van der Waals surface area contributed by atoms with Gasteiger partial charge in [-0.05, 0) is 12.1 Å². The van der Waals surface area contributed by atoms with Crippen LogP contribution in [0, 0.1) is 0 Å². The molecular weight excluding hydrogens is 222 g/mol. The first-order valence-corrected chi connectivity index (χ1v) is 5.30. The summed E-state index contributed by atoms with van der Waals surface area (Å²) in [5, 5.41) is 9.95. The van der Waals surface area contributed by atoms with E-state index in [-0.39, 0.29) is 6.54 Å². The molecule has 0 saturated heterocycles. The highest BCUT2D eigenvalue weighted by molar-refractivity contribution is 5.49. The minimum atomic E-state index is -0.801. The SMILES string of the molecule is COCc1c(OC)ccc(OC)c1C(O)CN. The largest absolute Gasteiger partial charge is 0.496 e. The van der Waals surface area contributed by atoms with Gasteiger partial charge in [0.05, 0.1) is 26.9 Å². The van der Waals surface area contributed by atoms with Crippen LogP contribution in [0.15, 0.2) is 12.1 Å². The van der Waals surface area contributed by atoms with Gasteiger partial charge in [0.1, 0.15) is 11.5 Å². The standard InChI is InChI=1S/C12H19NO4/c1-15-7-8-10(16-2)4-5-11(17-3)12(8)9(14)6-13/h4-5,9,14H,6-7,13H2,1-3H3. The first kappa shape index (κ1) is 13.8. The molecule has 0 aromatic heterocycles. The second-order valence-electron chi connectivity index (χ2n) is 3.55. The molecule has 1 aromatic carbocycles. The van der Waals surface area contributed by atoms with Crippen LogP contribution in [-0.4, -0.2) is 33.0 Å². The second kappa shape index (κ2) is 6.44. The first-order valence-electron chi connectivity index (χ1n) is 5.30. The van der Waals surface area contributed by atoms with E-state index >= 15 is 0 Å². The fraction of sp³-hybridized carbons (Fsp3) is 0.500. The zero-order valence-electron chi connectivity index (χ0n) is 10.4. The molecule has 0 saturated carbocycles. The van der Waals surface area contributed by atoms with Crippen LogP contribution in [0.2, 0.25) is 0 Å². The summed E-state index contributed by atoms with van der Waals surface area (Å²) in [6.45, 7) is 0.438. The number of hydrogen-bond acceptors (Lipinski definition) is 5. The Morgan fingerprint density at radius 1 is 1.18 bits per heavy atom. The molecule has 1 unspecified atom stereocenters. The van der Waals surface area contributed by atoms with Crippen LogP contribution in [0.25, 0.3) is 0 Å². The Kier molecular flexibility index (Phi) is 5.21. The molecule has 0 radical (unpaired) electrons. The van der Waals surface area contributed by atoms with Gasteiger partial charge in [-0.2, -0.15) is 0 Å². The summed E-state index contributed by atoms with van der Waals surface area (Å²) in [6.07, 6.45) is -0.801. The van der Waals surface area contributed by atoms with E-state index < -0.39 is 6.10 Å². The molecule has 0 bridgehead atoms. The van der Waals surface area contributed by atoms with Gasteiger partial charge in [0.2, 0.25) is 0 Å². The molecule has 0 fully saturated rings. The van der Waals surface area contributed by atoms with E-state index in [9.17, 15) is 5.11 Å². The Bertz CT molecular complexity index is 368. The van der Waals surface area contributed by atoms with Crippen LogP contribution in [0.4, 0.5) is 0 Å². The van der Waals surface area contributed by atoms with E-state index in [2.05, 4.69) is 0 Å². The van der Waals surface area contributed by atoms with Gasteiger partial charge in [0.15, 0.2) is 0 Å². The van der Waals surface area contributed by atoms with Crippen molar-refractivity contribution in [3.05, 3.63) is 23.3 Å². The molecule has 17 heavy (non-hydrogen) atoms. The lowest BCUT2D eigenvalue weighted by atomic mass is 10.00. The minimum absolute atomic E-state index is 0.111. The molecule has 5 nitrogen and oxygen atoms in total. The van der Waals surface area contributed by atoms with Crippen molar-refractivity contribution >= 4 is 0 Å². The molecule has 0 aliphatic carbocycles. The van der Waals surface area contributed by atoms with Crippen LogP contribution in [0.5, 0.6) is 11.5 Å². The Labute approximate surface area is 101 Å². The highest BCUT2D eigenvalue weighted by atomic mass is 16.5. The van der Waals surface area contributed by atoms with Gasteiger partial charge >= 0.3 is 0 Å². The summed E-state index contributed by atoms with van der Waals surface area (Å²) in [4.78, 5) is 0. The number of nitrogens with two attached hydrogens (primary N) is 1. The molecule has 96 valence electrons. The van der Waals surface area contributed by atoms with Gasteiger partial charge in [0, 0.05) is 24.8 Å². The van der Waals surface area contributed by atoms with E-state index in [1.807, 2.05) is 0 Å². The van der Waals surface area contributed by atoms with Gasteiger partial charge in [-0.1, -0.05) is 0 Å². The predicted molar refractivity (Wildman–Crippen MR) is 64.3 cm³/mol. The third-order valence-corrected chi connectivity index (χ3v) is 2.56. The van der Waals surface area contributed by atoms with Gasteiger partial charge in [-0.3, -0.25) is 0 Å². The maximum Gasteiger partial charge on any atom is 0.125 e. The van der Waals surface area contributed by atoms with Crippen molar-refractivity contribution < 1.29 is 19.3 Å². The predicted octanol–water partition coefficient (Wildman–Crippen LogP) is 0.842. The smallest absolute Gasteiger partial charge is 0.125 e. The number of ether oxygens (including phenoxy) is 3. The molecule has 0 aliphatic rings. The molecule has 0 aliphatic heterocycles. The monoisotopic (exact) mass is 241 g/mol. The molecule has 0 amide bonds. The molecule has 1 rings (SSSR count). The van der Waals surface area contributed by atoms with E-state index in [1.54, 1.807) is 33.5 Å². The third-order valence-electron chi connectivity index (χ3n) is 2.56. The van der Waals surface area contributed by atoms with Crippen LogP contribution >= 0.6 is 0 Å². The quantitative estimate of drug-likeness (QED) is 0.772. The Hall–Kier alpha value is -1.30. The van der Waals surface area contributed by atoms with Crippen molar-refractivity contribution in [1.82, 2.24) is 0 Å². The van der Waals surface area contributed by atoms with E-state index in [4.69, 9.17) is 19.9 Å². The van der Waals surface area contributed by atoms with Crippen molar-refractivity contribution in [2.45, 2.75) is 12.7 Å². The molecule has 3 N–H and O–H groups in total. The molecule has 1 atom stereocenters. The van der Waals surface area contributed by atoms with Crippen molar-refractivity contribution in [2.75, 3.05) is 27.9 Å². The lowest BCUT2D eigenvalue weighted by Crippen LogP contribution is -2.15. The van der Waals surface area contributed by atoms with E-state index in [1.165, 1.54) is 0 Å². The van der Waals surface area contributed by atoms with E-state index in [0.29, 0.717) is 23.7 Å². The number of hydrogen-bond donors (Lipinski definition) is 2. The van der Waals surface area contributed by atoms with Gasteiger partial charge in [0.25, 0.3) is 0 Å². The normalized spacial score (nSPS) is 12.3. The molecule has 0 heterocycles. The Morgan fingerprint density at radius 3 is 2.24 bits per heavy atom. The highest BCUT2D eigenvalue weighted by Gasteiger charge is 2.20. The summed E-state index contributed by atoms with van der Waals surface area (Å²) in [5.41, 5.74) is 6.88.